The van der Waals surface area contributed by atoms with Crippen LogP contribution in [0.4, 0.5) is 0 Å². The van der Waals surface area contributed by atoms with Gasteiger partial charge in [-0.2, -0.15) is 0 Å². The van der Waals surface area contributed by atoms with Gasteiger partial charge in [-0.25, -0.2) is 0 Å². The Bertz CT molecular complexity index is 469. The first kappa shape index (κ1) is 15.3. The molecule has 1 rings (SSSR count). The van der Waals surface area contributed by atoms with Gasteiger partial charge < -0.3 is 10.4 Å². The van der Waals surface area contributed by atoms with Crippen LogP contribution in [0.15, 0.2) is 24.3 Å². The number of hydrogen-bond donors (Lipinski definition) is 2. The van der Waals surface area contributed by atoms with Gasteiger partial charge in [-0.1, -0.05) is 43.9 Å². The molecule has 3 heteroatoms. The van der Waals surface area contributed by atoms with Crippen molar-refractivity contribution in [3.8, 4) is 11.8 Å². The summed E-state index contributed by atoms with van der Waals surface area (Å²) in [5.74, 6) is 6.11. The van der Waals surface area contributed by atoms with E-state index in [1.165, 1.54) is 0 Å². The van der Waals surface area contributed by atoms with Crippen molar-refractivity contribution < 1.29 is 9.90 Å². The molecule has 0 aliphatic carbocycles. The molecule has 0 spiro atoms. The van der Waals surface area contributed by atoms with Gasteiger partial charge in [0.1, 0.15) is 6.61 Å². The first-order chi connectivity index (χ1) is 9.13. The summed E-state index contributed by atoms with van der Waals surface area (Å²) in [7, 11) is 0. The Morgan fingerprint density at radius 1 is 1.37 bits per heavy atom. The Morgan fingerprint density at radius 3 is 2.79 bits per heavy atom. The predicted molar refractivity (Wildman–Crippen MR) is 76.3 cm³/mol. The van der Waals surface area contributed by atoms with Gasteiger partial charge >= 0.3 is 0 Å². The highest BCUT2D eigenvalue weighted by atomic mass is 16.2. The minimum Gasteiger partial charge on any atom is -0.384 e. The maximum Gasteiger partial charge on any atom is 0.220 e. The Morgan fingerprint density at radius 2 is 2.11 bits per heavy atom. The Labute approximate surface area is 115 Å². The smallest absolute Gasteiger partial charge is 0.220 e. The Balaban J connectivity index is 2.55. The summed E-state index contributed by atoms with van der Waals surface area (Å²) >= 11 is 0. The lowest BCUT2D eigenvalue weighted by Crippen LogP contribution is -2.23. The molecule has 1 aromatic carbocycles. The molecule has 0 atom stereocenters. The Hall–Kier alpha value is -1.79. The van der Waals surface area contributed by atoms with Gasteiger partial charge in [0, 0.05) is 18.5 Å². The molecule has 0 aliphatic heterocycles. The predicted octanol–water partition coefficient (Wildman–Crippen LogP) is 2.08. The maximum absolute atomic E-state index is 11.7. The molecule has 0 fully saturated rings. The third kappa shape index (κ3) is 6.08. The highest BCUT2D eigenvalue weighted by Gasteiger charge is 2.04. The van der Waals surface area contributed by atoms with E-state index in [4.69, 9.17) is 5.11 Å². The van der Waals surface area contributed by atoms with Crippen LogP contribution in [0.3, 0.4) is 0 Å². The number of nitrogens with one attached hydrogen (secondary N) is 1. The maximum atomic E-state index is 11.7. The zero-order valence-electron chi connectivity index (χ0n) is 11.6. The van der Waals surface area contributed by atoms with E-state index >= 15 is 0 Å². The van der Waals surface area contributed by atoms with Crippen LogP contribution in [0.5, 0.6) is 0 Å². The lowest BCUT2D eigenvalue weighted by molar-refractivity contribution is -0.121. The van der Waals surface area contributed by atoms with E-state index in [9.17, 15) is 4.79 Å². The number of rotatable bonds is 5. The molecule has 0 heterocycles. The molecular formula is C16H21NO2. The van der Waals surface area contributed by atoms with Gasteiger partial charge in [-0.3, -0.25) is 4.79 Å². The molecule has 0 unspecified atom stereocenters. The molecular weight excluding hydrogens is 238 g/mol. The quantitative estimate of drug-likeness (QED) is 0.795. The summed E-state index contributed by atoms with van der Waals surface area (Å²) in [4.78, 5) is 11.7. The van der Waals surface area contributed by atoms with E-state index in [1.54, 1.807) is 0 Å². The second kappa shape index (κ2) is 8.34. The average molecular weight is 259 g/mol. The van der Waals surface area contributed by atoms with Crippen molar-refractivity contribution in [1.82, 2.24) is 5.32 Å². The number of aliphatic hydroxyl groups excluding tert-OH is 1. The minimum atomic E-state index is -0.158. The summed E-state index contributed by atoms with van der Waals surface area (Å²) in [5, 5.41) is 11.6. The SMILES string of the molecule is CC(C)CCC(=O)NCc1ccccc1C#CCO. The van der Waals surface area contributed by atoms with Crippen LogP contribution >= 0.6 is 0 Å². The molecule has 102 valence electrons. The molecule has 1 amide bonds. The van der Waals surface area contributed by atoms with E-state index in [0.717, 1.165) is 17.5 Å². The second-order valence-electron chi connectivity index (χ2n) is 4.83. The largest absolute Gasteiger partial charge is 0.384 e. The van der Waals surface area contributed by atoms with Crippen LogP contribution in [0.2, 0.25) is 0 Å². The first-order valence-corrected chi connectivity index (χ1v) is 6.57. The zero-order valence-corrected chi connectivity index (χ0v) is 11.6. The number of amides is 1. The third-order valence-electron chi connectivity index (χ3n) is 2.74. The summed E-state index contributed by atoms with van der Waals surface area (Å²) in [5.41, 5.74) is 1.82. The summed E-state index contributed by atoms with van der Waals surface area (Å²) in [6.45, 7) is 4.53. The van der Waals surface area contributed by atoms with Crippen molar-refractivity contribution in [1.29, 1.82) is 0 Å². The lowest BCUT2D eigenvalue weighted by atomic mass is 10.1. The number of aliphatic hydroxyl groups is 1. The fourth-order valence-electron chi connectivity index (χ4n) is 1.63. The number of hydrogen-bond acceptors (Lipinski definition) is 2. The van der Waals surface area contributed by atoms with Crippen LogP contribution in [0.1, 0.15) is 37.8 Å². The van der Waals surface area contributed by atoms with Gasteiger partial charge in [0.15, 0.2) is 0 Å². The van der Waals surface area contributed by atoms with Crippen LogP contribution in [-0.2, 0) is 11.3 Å². The Kier molecular flexibility index (Phi) is 6.70. The second-order valence-corrected chi connectivity index (χ2v) is 4.83. The van der Waals surface area contributed by atoms with Gasteiger partial charge in [0.25, 0.3) is 0 Å². The average Bonchev–Trinajstić information content (AvgIpc) is 2.41. The summed E-state index contributed by atoms with van der Waals surface area (Å²) in [6, 6.07) is 7.63. The van der Waals surface area contributed by atoms with Gasteiger partial charge in [-0.05, 0) is 24.0 Å². The normalized spacial score (nSPS) is 9.89. The summed E-state index contributed by atoms with van der Waals surface area (Å²) in [6.07, 6.45) is 1.46. The molecule has 0 saturated heterocycles. The van der Waals surface area contributed by atoms with E-state index in [-0.39, 0.29) is 12.5 Å². The number of carbonyl (C=O) groups is 1. The number of benzene rings is 1. The molecule has 3 nitrogen and oxygen atoms in total. The van der Waals surface area contributed by atoms with Crippen LogP contribution in [0.25, 0.3) is 0 Å². The van der Waals surface area contributed by atoms with Crippen LogP contribution in [0, 0.1) is 17.8 Å². The highest BCUT2D eigenvalue weighted by Crippen LogP contribution is 2.08. The third-order valence-corrected chi connectivity index (χ3v) is 2.74. The van der Waals surface area contributed by atoms with Crippen molar-refractivity contribution >= 4 is 5.91 Å². The van der Waals surface area contributed by atoms with Gasteiger partial charge in [0.2, 0.25) is 5.91 Å². The van der Waals surface area contributed by atoms with Crippen molar-refractivity contribution in [3.05, 3.63) is 35.4 Å². The number of carbonyl (C=O) groups excluding carboxylic acids is 1. The van der Waals surface area contributed by atoms with E-state index < -0.39 is 0 Å². The molecule has 0 bridgehead atoms. The zero-order chi connectivity index (χ0) is 14.1. The van der Waals surface area contributed by atoms with E-state index in [0.29, 0.717) is 18.9 Å². The van der Waals surface area contributed by atoms with Crippen molar-refractivity contribution in [3.63, 3.8) is 0 Å². The molecule has 1 aromatic rings. The van der Waals surface area contributed by atoms with E-state index in [2.05, 4.69) is 31.0 Å². The summed E-state index contributed by atoms with van der Waals surface area (Å²) < 4.78 is 0. The van der Waals surface area contributed by atoms with Crippen molar-refractivity contribution in [2.24, 2.45) is 5.92 Å². The van der Waals surface area contributed by atoms with E-state index in [1.807, 2.05) is 24.3 Å². The highest BCUT2D eigenvalue weighted by molar-refractivity contribution is 5.75. The van der Waals surface area contributed by atoms with Crippen LogP contribution in [-0.4, -0.2) is 17.6 Å². The standard InChI is InChI=1S/C16H21NO2/c1-13(2)9-10-16(19)17-12-15-7-4-3-6-14(15)8-5-11-18/h3-4,6-7,13,18H,9-12H2,1-2H3,(H,17,19). The molecule has 2 N–H and O–H groups in total. The van der Waals surface area contributed by atoms with Gasteiger partial charge in [-0.15, -0.1) is 0 Å². The fourth-order valence-corrected chi connectivity index (χ4v) is 1.63. The fraction of sp³-hybridized carbons (Fsp3) is 0.438. The minimum absolute atomic E-state index is 0.0682. The molecule has 0 aliphatic rings. The molecule has 0 aromatic heterocycles. The monoisotopic (exact) mass is 259 g/mol. The first-order valence-electron chi connectivity index (χ1n) is 6.57. The molecule has 0 radical (unpaired) electrons. The van der Waals surface area contributed by atoms with Crippen molar-refractivity contribution in [2.75, 3.05) is 6.61 Å². The molecule has 19 heavy (non-hydrogen) atoms. The topological polar surface area (TPSA) is 49.3 Å². The lowest BCUT2D eigenvalue weighted by Gasteiger charge is -2.08. The molecule has 0 saturated carbocycles. The van der Waals surface area contributed by atoms with Crippen LogP contribution < -0.4 is 5.32 Å². The van der Waals surface area contributed by atoms with Gasteiger partial charge in [0.05, 0.1) is 0 Å². The van der Waals surface area contributed by atoms with Crippen molar-refractivity contribution in [2.45, 2.75) is 33.2 Å².